The van der Waals surface area contributed by atoms with Crippen molar-refractivity contribution in [3.63, 3.8) is 0 Å². The van der Waals surface area contributed by atoms with Crippen molar-refractivity contribution >= 4 is 5.78 Å². The largest absolute Gasteiger partial charge is 0.373 e. The van der Waals surface area contributed by atoms with Crippen molar-refractivity contribution < 1.29 is 9.53 Å². The third-order valence-electron chi connectivity index (χ3n) is 3.23. The molecule has 2 heterocycles. The number of H-pyrrole nitrogens is 1. The van der Waals surface area contributed by atoms with Crippen LogP contribution in [-0.4, -0.2) is 27.5 Å². The monoisotopic (exact) mass is 252 g/mol. The minimum atomic E-state index is -0.553. The van der Waals surface area contributed by atoms with Crippen molar-refractivity contribution in [3.8, 4) is 0 Å². The Morgan fingerprint density at radius 1 is 1.56 bits per heavy atom. The number of nitrogens with zero attached hydrogens (tertiary/aromatic N) is 1. The summed E-state index contributed by atoms with van der Waals surface area (Å²) in [6, 6.07) is 0. The highest BCUT2D eigenvalue weighted by Gasteiger charge is 2.31. The molecule has 0 saturated carbocycles. The summed E-state index contributed by atoms with van der Waals surface area (Å²) >= 11 is 0. The van der Waals surface area contributed by atoms with Gasteiger partial charge in [0.1, 0.15) is 0 Å². The number of rotatable bonds is 3. The number of Topliss-reactive ketones (excluding diaryl/α,β-unsaturated/α-hetero) is 1. The molecule has 0 radical (unpaired) electrons. The highest BCUT2D eigenvalue weighted by atomic mass is 16.5. The van der Waals surface area contributed by atoms with Gasteiger partial charge in [0.15, 0.2) is 5.78 Å². The van der Waals surface area contributed by atoms with Crippen LogP contribution in [0.15, 0.2) is 15.8 Å². The quantitative estimate of drug-likeness (QED) is 0.785. The molecule has 0 amide bonds. The summed E-state index contributed by atoms with van der Waals surface area (Å²) in [7, 11) is 0. The fourth-order valence-corrected chi connectivity index (χ4v) is 2.20. The van der Waals surface area contributed by atoms with Crippen molar-refractivity contribution in [3.05, 3.63) is 32.6 Å². The molecular weight excluding hydrogens is 236 g/mol. The fourth-order valence-electron chi connectivity index (χ4n) is 2.20. The Morgan fingerprint density at radius 3 is 2.83 bits per heavy atom. The number of ketones is 1. The molecule has 0 spiro atoms. The van der Waals surface area contributed by atoms with Gasteiger partial charge in [-0.15, -0.1) is 0 Å². The van der Waals surface area contributed by atoms with Gasteiger partial charge in [-0.1, -0.05) is 0 Å². The maximum Gasteiger partial charge on any atom is 0.328 e. The molecule has 1 atom stereocenters. The summed E-state index contributed by atoms with van der Waals surface area (Å²) in [4.78, 5) is 37.4. The van der Waals surface area contributed by atoms with E-state index in [-0.39, 0.29) is 17.9 Å². The number of hydrogen-bond donors (Lipinski definition) is 1. The van der Waals surface area contributed by atoms with Gasteiger partial charge < -0.3 is 9.72 Å². The molecule has 1 fully saturated rings. The molecule has 0 aliphatic carbocycles. The first-order valence-electron chi connectivity index (χ1n) is 5.90. The predicted molar refractivity (Wildman–Crippen MR) is 64.9 cm³/mol. The zero-order valence-electron chi connectivity index (χ0n) is 10.5. The summed E-state index contributed by atoms with van der Waals surface area (Å²) in [6.07, 6.45) is 2.88. The Labute approximate surface area is 104 Å². The van der Waals surface area contributed by atoms with Gasteiger partial charge in [0, 0.05) is 12.8 Å². The molecule has 0 aromatic carbocycles. The molecule has 1 saturated heterocycles. The Morgan fingerprint density at radius 2 is 2.28 bits per heavy atom. The number of hydrogen-bond acceptors (Lipinski definition) is 4. The van der Waals surface area contributed by atoms with Gasteiger partial charge in [-0.25, -0.2) is 4.79 Å². The second-order valence-electron chi connectivity index (χ2n) is 4.86. The standard InChI is InChI=1S/C12H16N2O4/c1-8(15)9-6-13-11(17)14(10(9)16)7-12(2)4-3-5-18-12/h6H,3-5,7H2,1-2H3,(H,13,17). The molecule has 1 N–H and O–H groups in total. The summed E-state index contributed by atoms with van der Waals surface area (Å²) in [5.74, 6) is -0.359. The first-order valence-corrected chi connectivity index (χ1v) is 5.90. The molecule has 1 aromatic rings. The van der Waals surface area contributed by atoms with Crippen molar-refractivity contribution in [2.45, 2.75) is 38.8 Å². The van der Waals surface area contributed by atoms with Gasteiger partial charge >= 0.3 is 5.69 Å². The van der Waals surface area contributed by atoms with Crippen molar-refractivity contribution in [1.82, 2.24) is 9.55 Å². The smallest absolute Gasteiger partial charge is 0.328 e. The molecule has 0 bridgehead atoms. The molecule has 1 unspecified atom stereocenters. The highest BCUT2D eigenvalue weighted by Crippen LogP contribution is 2.25. The van der Waals surface area contributed by atoms with E-state index in [0.29, 0.717) is 6.61 Å². The lowest BCUT2D eigenvalue weighted by atomic mass is 10.0. The maximum absolute atomic E-state index is 12.0. The zero-order chi connectivity index (χ0) is 13.3. The van der Waals surface area contributed by atoms with E-state index in [4.69, 9.17) is 4.74 Å². The average Bonchev–Trinajstić information content (AvgIpc) is 2.71. The third kappa shape index (κ3) is 2.28. The van der Waals surface area contributed by atoms with E-state index in [1.54, 1.807) is 0 Å². The summed E-state index contributed by atoms with van der Waals surface area (Å²) < 4.78 is 6.60. The topological polar surface area (TPSA) is 81.2 Å². The van der Waals surface area contributed by atoms with Crippen LogP contribution >= 0.6 is 0 Å². The van der Waals surface area contributed by atoms with Gasteiger partial charge in [0.05, 0.1) is 17.7 Å². The first kappa shape index (κ1) is 12.8. The maximum atomic E-state index is 12.0. The minimum absolute atomic E-state index is 0.00352. The second kappa shape index (κ2) is 4.53. The molecule has 1 aromatic heterocycles. The van der Waals surface area contributed by atoms with E-state index in [9.17, 15) is 14.4 Å². The lowest BCUT2D eigenvalue weighted by Gasteiger charge is -2.23. The van der Waals surface area contributed by atoms with Crippen LogP contribution in [0.2, 0.25) is 0 Å². The molecular formula is C12H16N2O4. The second-order valence-corrected chi connectivity index (χ2v) is 4.86. The van der Waals surface area contributed by atoms with E-state index in [1.165, 1.54) is 13.1 Å². The van der Waals surface area contributed by atoms with Crippen molar-refractivity contribution in [1.29, 1.82) is 0 Å². The number of aromatic nitrogens is 2. The van der Waals surface area contributed by atoms with Crippen LogP contribution in [-0.2, 0) is 11.3 Å². The molecule has 98 valence electrons. The van der Waals surface area contributed by atoms with Crippen LogP contribution < -0.4 is 11.2 Å². The van der Waals surface area contributed by atoms with E-state index in [1.807, 2.05) is 6.92 Å². The molecule has 1 aliphatic heterocycles. The Bertz CT molecular complexity index is 578. The third-order valence-corrected chi connectivity index (χ3v) is 3.23. The lowest BCUT2D eigenvalue weighted by Crippen LogP contribution is -2.44. The SMILES string of the molecule is CC(=O)c1c[nH]c(=O)n(CC2(C)CCCO2)c1=O. The Hall–Kier alpha value is -1.69. The van der Waals surface area contributed by atoms with Crippen LogP contribution in [0.4, 0.5) is 0 Å². The van der Waals surface area contributed by atoms with E-state index in [2.05, 4.69) is 4.98 Å². The number of carbonyl (C=O) groups excluding carboxylic acids is 1. The summed E-state index contributed by atoms with van der Waals surface area (Å²) in [6.45, 7) is 3.97. The van der Waals surface area contributed by atoms with Gasteiger partial charge in [-0.05, 0) is 26.7 Å². The lowest BCUT2D eigenvalue weighted by molar-refractivity contribution is 0.00443. The summed E-state index contributed by atoms with van der Waals surface area (Å²) in [5.41, 5.74) is -1.58. The van der Waals surface area contributed by atoms with Crippen LogP contribution in [0.3, 0.4) is 0 Å². The van der Waals surface area contributed by atoms with Crippen LogP contribution in [0.25, 0.3) is 0 Å². The Balaban J connectivity index is 2.44. The molecule has 2 rings (SSSR count). The van der Waals surface area contributed by atoms with Gasteiger partial charge in [-0.2, -0.15) is 0 Å². The summed E-state index contributed by atoms with van der Waals surface area (Å²) in [5, 5.41) is 0. The van der Waals surface area contributed by atoms with Crippen LogP contribution in [0, 0.1) is 0 Å². The van der Waals surface area contributed by atoms with Gasteiger partial charge in [-0.3, -0.25) is 14.2 Å². The van der Waals surface area contributed by atoms with Crippen LogP contribution in [0.5, 0.6) is 0 Å². The van der Waals surface area contributed by atoms with E-state index < -0.39 is 16.9 Å². The normalized spacial score (nSPS) is 23.2. The van der Waals surface area contributed by atoms with Crippen molar-refractivity contribution in [2.24, 2.45) is 0 Å². The van der Waals surface area contributed by atoms with Gasteiger partial charge in [0.25, 0.3) is 5.56 Å². The number of ether oxygens (including phenoxy) is 1. The minimum Gasteiger partial charge on any atom is -0.373 e. The fraction of sp³-hybridized carbons (Fsp3) is 0.583. The molecule has 6 nitrogen and oxygen atoms in total. The first-order chi connectivity index (χ1) is 8.43. The zero-order valence-corrected chi connectivity index (χ0v) is 10.5. The molecule has 6 heteroatoms. The molecule has 1 aliphatic rings. The number of carbonyl (C=O) groups is 1. The number of aromatic amines is 1. The predicted octanol–water partition coefficient (Wildman–Crippen LogP) is 0.308. The van der Waals surface area contributed by atoms with Crippen molar-refractivity contribution in [2.75, 3.05) is 6.61 Å². The highest BCUT2D eigenvalue weighted by molar-refractivity contribution is 5.93. The van der Waals surface area contributed by atoms with E-state index in [0.717, 1.165) is 17.4 Å². The van der Waals surface area contributed by atoms with Gasteiger partial charge in [0.2, 0.25) is 0 Å². The number of nitrogens with one attached hydrogen (secondary N) is 1. The van der Waals surface area contributed by atoms with E-state index >= 15 is 0 Å². The van der Waals surface area contributed by atoms with Crippen LogP contribution in [0.1, 0.15) is 37.0 Å². The Kier molecular flexibility index (Phi) is 3.21. The average molecular weight is 252 g/mol. The molecule has 18 heavy (non-hydrogen) atoms.